The van der Waals surface area contributed by atoms with Crippen molar-refractivity contribution >= 4 is 11.9 Å². The smallest absolute Gasteiger partial charge is 0.338 e. The number of carbonyl (C=O) groups excluding carboxylic acids is 2. The van der Waals surface area contributed by atoms with Crippen molar-refractivity contribution in [2.45, 2.75) is 19.4 Å². The van der Waals surface area contributed by atoms with E-state index in [0.717, 1.165) is 12.8 Å². The van der Waals surface area contributed by atoms with Gasteiger partial charge in [-0.2, -0.15) is 0 Å². The molecule has 5 heteroatoms. The third kappa shape index (κ3) is 4.41. The van der Waals surface area contributed by atoms with Gasteiger partial charge in [-0.05, 0) is 54.7 Å². The van der Waals surface area contributed by atoms with Gasteiger partial charge in [-0.1, -0.05) is 18.2 Å². The van der Waals surface area contributed by atoms with E-state index >= 15 is 0 Å². The van der Waals surface area contributed by atoms with E-state index in [-0.39, 0.29) is 18.3 Å². The molecule has 1 N–H and O–H groups in total. The fourth-order valence-corrected chi connectivity index (χ4v) is 2.26. The summed E-state index contributed by atoms with van der Waals surface area (Å²) in [5, 5.41) is 2.86. The maximum atomic E-state index is 12.8. The van der Waals surface area contributed by atoms with Crippen molar-refractivity contribution in [1.29, 1.82) is 0 Å². The van der Waals surface area contributed by atoms with Crippen LogP contribution < -0.4 is 5.32 Å². The lowest BCUT2D eigenvalue weighted by Gasteiger charge is -2.07. The summed E-state index contributed by atoms with van der Waals surface area (Å²) in [6, 6.07) is 12.2. The average Bonchev–Trinajstić information content (AvgIpc) is 3.43. The molecule has 1 saturated carbocycles. The van der Waals surface area contributed by atoms with Gasteiger partial charge < -0.3 is 10.1 Å². The molecule has 1 amide bonds. The number of carbonyl (C=O) groups is 2. The van der Waals surface area contributed by atoms with E-state index < -0.39 is 5.97 Å². The molecule has 1 fully saturated rings. The van der Waals surface area contributed by atoms with Crippen LogP contribution in [0.1, 0.15) is 39.1 Å². The van der Waals surface area contributed by atoms with E-state index in [9.17, 15) is 14.0 Å². The highest BCUT2D eigenvalue weighted by molar-refractivity contribution is 5.97. The zero-order valence-corrected chi connectivity index (χ0v) is 13.1. The summed E-state index contributed by atoms with van der Waals surface area (Å²) in [6.07, 6.45) is 2.33. The number of ether oxygens (including phenoxy) is 1. The normalized spacial score (nSPS) is 13.4. The van der Waals surface area contributed by atoms with Crippen molar-refractivity contribution in [3.63, 3.8) is 0 Å². The number of hydrogen-bond acceptors (Lipinski definition) is 3. The molecule has 0 bridgehead atoms. The number of halogens is 1. The predicted octanol–water partition coefficient (Wildman–Crippen LogP) is 3.32. The Hall–Kier alpha value is -2.69. The second-order valence-corrected chi connectivity index (χ2v) is 5.94. The second-order valence-electron chi connectivity index (χ2n) is 5.94. The van der Waals surface area contributed by atoms with Gasteiger partial charge in [-0.15, -0.1) is 0 Å². The molecule has 1 aliphatic carbocycles. The van der Waals surface area contributed by atoms with Crippen LogP contribution in [0.4, 0.5) is 4.39 Å². The highest BCUT2D eigenvalue weighted by Gasteiger charge is 2.22. The summed E-state index contributed by atoms with van der Waals surface area (Å²) in [5.41, 5.74) is 1.45. The summed E-state index contributed by atoms with van der Waals surface area (Å²) >= 11 is 0. The topological polar surface area (TPSA) is 55.4 Å². The molecule has 0 saturated heterocycles. The molecule has 0 radical (unpaired) electrons. The predicted molar refractivity (Wildman–Crippen MR) is 87.0 cm³/mol. The zero-order valence-electron chi connectivity index (χ0n) is 13.1. The SMILES string of the molecule is O=C(NCC1CC1)c1cccc(C(=O)OCc2ccc(F)cc2)c1. The molecular weight excluding hydrogens is 309 g/mol. The van der Waals surface area contributed by atoms with Crippen LogP contribution in [0.15, 0.2) is 48.5 Å². The van der Waals surface area contributed by atoms with E-state index in [2.05, 4.69) is 5.32 Å². The second kappa shape index (κ2) is 7.25. The van der Waals surface area contributed by atoms with Gasteiger partial charge in [0.15, 0.2) is 0 Å². The van der Waals surface area contributed by atoms with E-state index in [1.165, 1.54) is 18.2 Å². The summed E-state index contributed by atoms with van der Waals surface area (Å²) in [7, 11) is 0. The van der Waals surface area contributed by atoms with Crippen molar-refractivity contribution in [3.8, 4) is 0 Å². The Morgan fingerprint density at radius 1 is 1.08 bits per heavy atom. The minimum atomic E-state index is -0.517. The third-order valence-electron chi connectivity index (χ3n) is 3.89. The number of rotatable bonds is 6. The van der Waals surface area contributed by atoms with E-state index in [1.54, 1.807) is 30.3 Å². The van der Waals surface area contributed by atoms with Gasteiger partial charge in [-0.25, -0.2) is 9.18 Å². The van der Waals surface area contributed by atoms with Gasteiger partial charge >= 0.3 is 5.97 Å². The van der Waals surface area contributed by atoms with Crippen LogP contribution in [-0.4, -0.2) is 18.4 Å². The van der Waals surface area contributed by atoms with E-state index in [1.807, 2.05) is 0 Å². The summed E-state index contributed by atoms with van der Waals surface area (Å²) in [6.45, 7) is 0.731. The number of benzene rings is 2. The minimum absolute atomic E-state index is 0.0528. The van der Waals surface area contributed by atoms with Crippen LogP contribution in [-0.2, 0) is 11.3 Å². The summed E-state index contributed by atoms with van der Waals surface area (Å²) in [5.74, 6) is -0.445. The van der Waals surface area contributed by atoms with Gasteiger partial charge in [0.1, 0.15) is 12.4 Å². The van der Waals surface area contributed by atoms with Crippen LogP contribution in [0.2, 0.25) is 0 Å². The van der Waals surface area contributed by atoms with Gasteiger partial charge in [-0.3, -0.25) is 4.79 Å². The Morgan fingerprint density at radius 3 is 2.50 bits per heavy atom. The molecule has 1 aliphatic rings. The van der Waals surface area contributed by atoms with Crippen molar-refractivity contribution in [3.05, 3.63) is 71.0 Å². The van der Waals surface area contributed by atoms with Gasteiger partial charge in [0.25, 0.3) is 5.91 Å². The van der Waals surface area contributed by atoms with E-state index in [0.29, 0.717) is 29.2 Å². The molecule has 0 heterocycles. The van der Waals surface area contributed by atoms with Crippen LogP contribution in [0.5, 0.6) is 0 Å². The third-order valence-corrected chi connectivity index (χ3v) is 3.89. The standard InChI is InChI=1S/C19H18FNO3/c20-17-8-6-14(7-9-17)12-24-19(23)16-3-1-2-15(10-16)18(22)21-11-13-4-5-13/h1-3,6-10,13H,4-5,11-12H2,(H,21,22). The molecule has 0 aromatic heterocycles. The van der Waals surface area contributed by atoms with Crippen molar-refractivity contribution in [2.75, 3.05) is 6.54 Å². The molecule has 24 heavy (non-hydrogen) atoms. The molecule has 124 valence electrons. The average molecular weight is 327 g/mol. The van der Waals surface area contributed by atoms with Crippen molar-refractivity contribution in [1.82, 2.24) is 5.32 Å². The number of esters is 1. The monoisotopic (exact) mass is 327 g/mol. The quantitative estimate of drug-likeness (QED) is 0.828. The largest absolute Gasteiger partial charge is 0.457 e. The number of hydrogen-bond donors (Lipinski definition) is 1. The van der Waals surface area contributed by atoms with Crippen LogP contribution in [0.3, 0.4) is 0 Å². The van der Waals surface area contributed by atoms with Crippen molar-refractivity contribution in [2.24, 2.45) is 5.92 Å². The first kappa shape index (κ1) is 16.2. The lowest BCUT2D eigenvalue weighted by molar-refractivity contribution is 0.0472. The molecule has 0 aliphatic heterocycles. The Kier molecular flexibility index (Phi) is 4.89. The highest BCUT2D eigenvalue weighted by Crippen LogP contribution is 2.27. The van der Waals surface area contributed by atoms with E-state index in [4.69, 9.17) is 4.74 Å². The molecule has 2 aromatic carbocycles. The molecule has 0 atom stereocenters. The Labute approximate surface area is 139 Å². The molecule has 0 unspecified atom stereocenters. The zero-order chi connectivity index (χ0) is 16.9. The highest BCUT2D eigenvalue weighted by atomic mass is 19.1. The fraction of sp³-hybridized carbons (Fsp3) is 0.263. The van der Waals surface area contributed by atoms with Gasteiger partial charge in [0, 0.05) is 12.1 Å². The molecule has 4 nitrogen and oxygen atoms in total. The first-order valence-electron chi connectivity index (χ1n) is 7.91. The number of amides is 1. The molecular formula is C19H18FNO3. The summed E-state index contributed by atoms with van der Waals surface area (Å²) in [4.78, 5) is 24.2. The maximum absolute atomic E-state index is 12.8. The van der Waals surface area contributed by atoms with Crippen LogP contribution in [0.25, 0.3) is 0 Å². The lowest BCUT2D eigenvalue weighted by atomic mass is 10.1. The Bertz CT molecular complexity index is 739. The van der Waals surface area contributed by atoms with Crippen LogP contribution >= 0.6 is 0 Å². The molecule has 0 spiro atoms. The summed E-state index contributed by atoms with van der Waals surface area (Å²) < 4.78 is 18.0. The first-order chi connectivity index (χ1) is 11.6. The van der Waals surface area contributed by atoms with Gasteiger partial charge in [0.2, 0.25) is 0 Å². The minimum Gasteiger partial charge on any atom is -0.457 e. The lowest BCUT2D eigenvalue weighted by Crippen LogP contribution is -2.25. The fourth-order valence-electron chi connectivity index (χ4n) is 2.26. The van der Waals surface area contributed by atoms with Crippen molar-refractivity contribution < 1.29 is 18.7 Å². The number of nitrogens with one attached hydrogen (secondary N) is 1. The Morgan fingerprint density at radius 2 is 1.79 bits per heavy atom. The first-order valence-corrected chi connectivity index (χ1v) is 7.91. The Balaban J connectivity index is 1.58. The molecule has 2 aromatic rings. The van der Waals surface area contributed by atoms with Gasteiger partial charge in [0.05, 0.1) is 5.56 Å². The molecule has 3 rings (SSSR count). The van der Waals surface area contributed by atoms with Crippen LogP contribution in [0, 0.1) is 11.7 Å². The maximum Gasteiger partial charge on any atom is 0.338 e.